The van der Waals surface area contributed by atoms with Gasteiger partial charge in [0.05, 0.1) is 11.9 Å². The summed E-state index contributed by atoms with van der Waals surface area (Å²) in [6, 6.07) is 23.1. The van der Waals surface area contributed by atoms with Gasteiger partial charge in [-0.3, -0.25) is 13.9 Å². The lowest BCUT2D eigenvalue weighted by molar-refractivity contribution is -0.141. The predicted octanol–water partition coefficient (Wildman–Crippen LogP) is 6.06. The number of sulfonamides is 1. The van der Waals surface area contributed by atoms with E-state index in [4.69, 9.17) is 11.6 Å². The molecule has 0 aromatic heterocycles. The number of carbonyl (C=O) groups is 2. The minimum absolute atomic E-state index is 0.0589. The van der Waals surface area contributed by atoms with Crippen molar-refractivity contribution in [1.29, 1.82) is 0 Å². The summed E-state index contributed by atoms with van der Waals surface area (Å²) < 4.78 is 27.3. The molecule has 2 amide bonds. The highest BCUT2D eigenvalue weighted by molar-refractivity contribution is 9.10. The first-order valence-electron chi connectivity index (χ1n) is 13.5. The van der Waals surface area contributed by atoms with Crippen LogP contribution < -0.4 is 9.62 Å². The largest absolute Gasteiger partial charge is 0.354 e. The third-order valence-corrected chi connectivity index (χ3v) is 8.37. The number of hydrogen-bond acceptors (Lipinski definition) is 4. The van der Waals surface area contributed by atoms with Crippen LogP contribution in [0, 0.1) is 5.92 Å². The molecule has 1 atom stereocenters. The van der Waals surface area contributed by atoms with Crippen LogP contribution in [0.2, 0.25) is 5.02 Å². The van der Waals surface area contributed by atoms with Gasteiger partial charge in [0.2, 0.25) is 21.8 Å². The number of nitrogens with zero attached hydrogens (tertiary/aromatic N) is 2. The van der Waals surface area contributed by atoms with E-state index in [-0.39, 0.29) is 43.7 Å². The lowest BCUT2D eigenvalue weighted by atomic mass is 10.0. The van der Waals surface area contributed by atoms with Crippen LogP contribution in [-0.2, 0) is 32.6 Å². The Hall–Kier alpha value is -2.88. The fraction of sp³-hybridized carbons (Fsp3) is 0.355. The predicted molar refractivity (Wildman–Crippen MR) is 169 cm³/mol. The van der Waals surface area contributed by atoms with E-state index in [0.29, 0.717) is 23.7 Å². The van der Waals surface area contributed by atoms with Crippen molar-refractivity contribution in [2.45, 2.75) is 45.7 Å². The molecule has 0 spiro atoms. The van der Waals surface area contributed by atoms with Crippen molar-refractivity contribution in [3.8, 4) is 0 Å². The molecule has 41 heavy (non-hydrogen) atoms. The van der Waals surface area contributed by atoms with Crippen molar-refractivity contribution in [2.75, 3.05) is 23.7 Å². The van der Waals surface area contributed by atoms with Gasteiger partial charge in [0.1, 0.15) is 6.04 Å². The number of amides is 2. The van der Waals surface area contributed by atoms with Gasteiger partial charge in [-0.15, -0.1) is 0 Å². The lowest BCUT2D eigenvalue weighted by Gasteiger charge is -2.32. The zero-order valence-electron chi connectivity index (χ0n) is 23.6. The monoisotopic (exact) mass is 661 g/mol. The maximum absolute atomic E-state index is 13.9. The standard InChI is InChI=1S/C31H37BrClN3O4S/c1-23(2)21-34-31(38)29(19-24-10-5-4-6-11-24)35(22-25-12-7-13-26(32)18-25)30(37)16-9-17-36(41(3,39)40)28-15-8-14-27(33)20-28/h4-8,10-15,18,20,23,29H,9,16-17,19,21-22H2,1-3H3,(H,34,38). The van der Waals surface area contributed by atoms with Gasteiger partial charge in [0.25, 0.3) is 0 Å². The Balaban J connectivity index is 1.88. The van der Waals surface area contributed by atoms with Crippen LogP contribution in [0.25, 0.3) is 0 Å². The highest BCUT2D eigenvalue weighted by atomic mass is 79.9. The molecule has 0 aliphatic heterocycles. The molecule has 10 heteroatoms. The van der Waals surface area contributed by atoms with E-state index in [1.807, 2.05) is 68.4 Å². The van der Waals surface area contributed by atoms with Gasteiger partial charge < -0.3 is 10.2 Å². The van der Waals surface area contributed by atoms with E-state index in [9.17, 15) is 18.0 Å². The topological polar surface area (TPSA) is 86.8 Å². The van der Waals surface area contributed by atoms with Gasteiger partial charge in [-0.05, 0) is 53.8 Å². The Bertz CT molecular complexity index is 1420. The summed E-state index contributed by atoms with van der Waals surface area (Å²) in [7, 11) is -3.61. The molecule has 7 nitrogen and oxygen atoms in total. The van der Waals surface area contributed by atoms with Gasteiger partial charge in [-0.1, -0.05) is 89.9 Å². The van der Waals surface area contributed by atoms with Crippen LogP contribution >= 0.6 is 27.5 Å². The van der Waals surface area contributed by atoms with Crippen LogP contribution in [0.5, 0.6) is 0 Å². The van der Waals surface area contributed by atoms with E-state index in [1.165, 1.54) is 4.31 Å². The van der Waals surface area contributed by atoms with E-state index in [0.717, 1.165) is 21.9 Å². The van der Waals surface area contributed by atoms with Crippen molar-refractivity contribution in [3.05, 3.63) is 99.5 Å². The second-order valence-corrected chi connectivity index (χ2v) is 13.7. The Labute approximate surface area is 257 Å². The molecule has 3 aromatic carbocycles. The van der Waals surface area contributed by atoms with Crippen molar-refractivity contribution in [1.82, 2.24) is 10.2 Å². The smallest absolute Gasteiger partial charge is 0.243 e. The minimum Gasteiger partial charge on any atom is -0.354 e. The summed E-state index contributed by atoms with van der Waals surface area (Å²) >= 11 is 9.60. The first-order chi connectivity index (χ1) is 19.4. The minimum atomic E-state index is -3.61. The van der Waals surface area contributed by atoms with E-state index < -0.39 is 16.1 Å². The van der Waals surface area contributed by atoms with E-state index in [1.54, 1.807) is 29.2 Å². The Kier molecular flexibility index (Phi) is 12.2. The molecule has 0 aliphatic carbocycles. The molecule has 3 aromatic rings. The molecular formula is C31H37BrClN3O4S. The Morgan fingerprint density at radius 2 is 1.63 bits per heavy atom. The fourth-order valence-electron chi connectivity index (χ4n) is 4.44. The molecule has 1 unspecified atom stereocenters. The zero-order chi connectivity index (χ0) is 30.0. The second kappa shape index (κ2) is 15.4. The number of nitrogens with one attached hydrogen (secondary N) is 1. The number of rotatable bonds is 14. The van der Waals surface area contributed by atoms with Crippen LogP contribution in [0.3, 0.4) is 0 Å². The number of carbonyl (C=O) groups excluding carboxylic acids is 2. The Morgan fingerprint density at radius 3 is 2.27 bits per heavy atom. The van der Waals surface area contributed by atoms with Crippen molar-refractivity contribution in [2.24, 2.45) is 5.92 Å². The summed E-state index contributed by atoms with van der Waals surface area (Å²) in [4.78, 5) is 29.1. The van der Waals surface area contributed by atoms with Crippen molar-refractivity contribution >= 4 is 55.1 Å². The Morgan fingerprint density at radius 1 is 0.951 bits per heavy atom. The lowest BCUT2D eigenvalue weighted by Crippen LogP contribution is -2.51. The molecule has 0 radical (unpaired) electrons. The summed E-state index contributed by atoms with van der Waals surface area (Å²) in [6.07, 6.45) is 1.80. The number of halogens is 2. The zero-order valence-corrected chi connectivity index (χ0v) is 26.8. The van der Waals surface area contributed by atoms with Crippen LogP contribution in [0.4, 0.5) is 5.69 Å². The van der Waals surface area contributed by atoms with E-state index >= 15 is 0 Å². The molecule has 0 bridgehead atoms. The molecule has 0 saturated heterocycles. The molecule has 3 rings (SSSR count). The van der Waals surface area contributed by atoms with Gasteiger partial charge >= 0.3 is 0 Å². The molecular weight excluding hydrogens is 626 g/mol. The van der Waals surface area contributed by atoms with Crippen LogP contribution in [0.15, 0.2) is 83.3 Å². The van der Waals surface area contributed by atoms with Crippen LogP contribution in [-0.4, -0.2) is 50.5 Å². The molecule has 1 N–H and O–H groups in total. The van der Waals surface area contributed by atoms with Gasteiger partial charge in [0.15, 0.2) is 0 Å². The average Bonchev–Trinajstić information content (AvgIpc) is 2.91. The molecule has 0 heterocycles. The molecule has 220 valence electrons. The van der Waals surface area contributed by atoms with E-state index in [2.05, 4.69) is 21.2 Å². The summed E-state index contributed by atoms with van der Waals surface area (Å²) in [5, 5.41) is 3.43. The summed E-state index contributed by atoms with van der Waals surface area (Å²) in [5.41, 5.74) is 2.25. The maximum atomic E-state index is 13.9. The molecule has 0 saturated carbocycles. The van der Waals surface area contributed by atoms with Gasteiger partial charge in [-0.2, -0.15) is 0 Å². The summed E-state index contributed by atoms with van der Waals surface area (Å²) in [6.45, 7) is 4.86. The van der Waals surface area contributed by atoms with Crippen LogP contribution in [0.1, 0.15) is 37.8 Å². The molecule has 0 aliphatic rings. The van der Waals surface area contributed by atoms with Crippen molar-refractivity contribution < 1.29 is 18.0 Å². The first kappa shape index (κ1) is 32.6. The third kappa shape index (κ3) is 10.5. The number of hydrogen-bond donors (Lipinski definition) is 1. The number of benzene rings is 3. The number of anilines is 1. The SMILES string of the molecule is CC(C)CNC(=O)C(Cc1ccccc1)N(Cc1cccc(Br)c1)C(=O)CCCN(c1cccc(Cl)c1)S(C)(=O)=O. The normalized spacial score (nSPS) is 12.1. The summed E-state index contributed by atoms with van der Waals surface area (Å²) in [5.74, 6) is -0.202. The fourth-order valence-corrected chi connectivity index (χ4v) is 6.03. The first-order valence-corrected chi connectivity index (χ1v) is 16.5. The van der Waals surface area contributed by atoms with Gasteiger partial charge in [0, 0.05) is 42.0 Å². The third-order valence-electron chi connectivity index (χ3n) is 6.45. The maximum Gasteiger partial charge on any atom is 0.243 e. The average molecular weight is 663 g/mol. The quantitative estimate of drug-likeness (QED) is 0.227. The second-order valence-electron chi connectivity index (χ2n) is 10.4. The van der Waals surface area contributed by atoms with Gasteiger partial charge in [-0.25, -0.2) is 8.42 Å². The highest BCUT2D eigenvalue weighted by Crippen LogP contribution is 2.23. The van der Waals surface area contributed by atoms with Crippen molar-refractivity contribution in [3.63, 3.8) is 0 Å². The highest BCUT2D eigenvalue weighted by Gasteiger charge is 2.30. The molecule has 0 fully saturated rings.